The van der Waals surface area contributed by atoms with Gasteiger partial charge in [0, 0.05) is 21.9 Å². The van der Waals surface area contributed by atoms with Crippen molar-refractivity contribution in [2.45, 2.75) is 0 Å². The number of rotatable bonds is 2. The number of benzene rings is 5. The Kier molecular flexibility index (Phi) is 3.88. The first kappa shape index (κ1) is 18.2. The van der Waals surface area contributed by atoms with Gasteiger partial charge in [-0.1, -0.05) is 115 Å². The molecule has 154 valence electrons. The van der Waals surface area contributed by atoms with Crippen LogP contribution >= 0.6 is 0 Å². The normalized spacial score (nSPS) is 11.6. The van der Waals surface area contributed by atoms with Crippen LogP contribution in [-0.2, 0) is 0 Å². The Morgan fingerprint density at radius 2 is 1.12 bits per heavy atom. The van der Waals surface area contributed by atoms with Crippen LogP contribution in [0.1, 0.15) is 0 Å². The van der Waals surface area contributed by atoms with E-state index in [4.69, 9.17) is 4.98 Å². The Labute approximate surface area is 191 Å². The second-order valence-electron chi connectivity index (χ2n) is 8.42. The van der Waals surface area contributed by atoms with Crippen LogP contribution in [0.4, 0.5) is 0 Å². The van der Waals surface area contributed by atoms with Gasteiger partial charge in [-0.25, -0.2) is 4.98 Å². The van der Waals surface area contributed by atoms with Crippen LogP contribution in [0, 0.1) is 0 Å². The summed E-state index contributed by atoms with van der Waals surface area (Å²) in [4.78, 5) is 5.34. The summed E-state index contributed by atoms with van der Waals surface area (Å²) >= 11 is 0. The second kappa shape index (κ2) is 7.04. The maximum Gasteiger partial charge on any atom is 0.146 e. The monoisotopic (exact) mass is 420 g/mol. The molecule has 0 aliphatic heterocycles. The fourth-order valence-electron chi connectivity index (χ4n) is 5.12. The summed E-state index contributed by atoms with van der Waals surface area (Å²) in [6.07, 6.45) is 0. The first-order chi connectivity index (χ1) is 16.4. The molecule has 0 radical (unpaired) electrons. The van der Waals surface area contributed by atoms with Crippen LogP contribution in [0.15, 0.2) is 121 Å². The summed E-state index contributed by atoms with van der Waals surface area (Å²) < 4.78 is 2.36. The van der Waals surface area contributed by atoms with E-state index < -0.39 is 0 Å². The summed E-state index contributed by atoms with van der Waals surface area (Å²) in [5.41, 5.74) is 5.61. The summed E-state index contributed by atoms with van der Waals surface area (Å²) in [6, 6.07) is 42.9. The molecular formula is C31H20N2. The predicted molar refractivity (Wildman–Crippen MR) is 139 cm³/mol. The molecule has 0 saturated carbocycles. The minimum atomic E-state index is 0.975. The van der Waals surface area contributed by atoms with Gasteiger partial charge in [0.05, 0.1) is 16.7 Å². The van der Waals surface area contributed by atoms with Gasteiger partial charge < -0.3 is 0 Å². The van der Waals surface area contributed by atoms with Crippen molar-refractivity contribution in [2.24, 2.45) is 0 Å². The van der Waals surface area contributed by atoms with Crippen molar-refractivity contribution in [3.8, 4) is 22.6 Å². The number of para-hydroxylation sites is 1. The Hall–Kier alpha value is -4.43. The van der Waals surface area contributed by atoms with Crippen molar-refractivity contribution < 1.29 is 0 Å². The average molecular weight is 421 g/mol. The lowest BCUT2D eigenvalue weighted by Gasteiger charge is -2.12. The van der Waals surface area contributed by atoms with E-state index >= 15 is 0 Å². The molecule has 7 rings (SSSR count). The first-order valence-electron chi connectivity index (χ1n) is 11.3. The molecule has 0 amide bonds. The van der Waals surface area contributed by atoms with E-state index in [2.05, 4.69) is 126 Å². The number of hydrogen-bond donors (Lipinski definition) is 0. The SMILES string of the molecule is c1ccc(-c2nc(-c3cccc4ccccc34)n3c4ccccc4c4ccccc4c23)cc1. The van der Waals surface area contributed by atoms with E-state index in [1.807, 2.05) is 0 Å². The van der Waals surface area contributed by atoms with Crippen LogP contribution in [0.3, 0.4) is 0 Å². The summed E-state index contributed by atoms with van der Waals surface area (Å²) in [5, 5.41) is 6.14. The van der Waals surface area contributed by atoms with Crippen LogP contribution in [0.2, 0.25) is 0 Å². The topological polar surface area (TPSA) is 17.3 Å². The van der Waals surface area contributed by atoms with Gasteiger partial charge in [-0.05, 0) is 22.2 Å². The molecule has 2 heterocycles. The number of fused-ring (bicyclic) bond motifs is 7. The van der Waals surface area contributed by atoms with Crippen LogP contribution in [-0.4, -0.2) is 9.38 Å². The highest BCUT2D eigenvalue weighted by Gasteiger charge is 2.20. The lowest BCUT2D eigenvalue weighted by molar-refractivity contribution is 1.23. The molecule has 0 spiro atoms. The maximum absolute atomic E-state index is 5.34. The number of pyridine rings is 1. The molecule has 7 aromatic rings. The first-order valence-corrected chi connectivity index (χ1v) is 11.3. The highest BCUT2D eigenvalue weighted by Crippen LogP contribution is 2.40. The van der Waals surface area contributed by atoms with E-state index in [-0.39, 0.29) is 0 Å². The van der Waals surface area contributed by atoms with Gasteiger partial charge in [0.2, 0.25) is 0 Å². The van der Waals surface area contributed by atoms with E-state index in [1.54, 1.807) is 0 Å². The van der Waals surface area contributed by atoms with Crippen molar-refractivity contribution in [3.05, 3.63) is 121 Å². The number of nitrogens with zero attached hydrogens (tertiary/aromatic N) is 2. The van der Waals surface area contributed by atoms with Crippen molar-refractivity contribution in [2.75, 3.05) is 0 Å². The van der Waals surface area contributed by atoms with E-state index in [9.17, 15) is 0 Å². The van der Waals surface area contributed by atoms with Gasteiger partial charge in [0.15, 0.2) is 0 Å². The third-order valence-corrected chi connectivity index (χ3v) is 6.57. The Balaban J connectivity index is 1.76. The van der Waals surface area contributed by atoms with E-state index in [0.29, 0.717) is 0 Å². The van der Waals surface area contributed by atoms with Crippen molar-refractivity contribution in [3.63, 3.8) is 0 Å². The lowest BCUT2D eigenvalue weighted by atomic mass is 10.0. The molecule has 0 N–H and O–H groups in total. The summed E-state index contributed by atoms with van der Waals surface area (Å²) in [5.74, 6) is 0.975. The molecule has 0 saturated heterocycles. The molecule has 0 aliphatic rings. The summed E-state index contributed by atoms with van der Waals surface area (Å²) in [7, 11) is 0. The average Bonchev–Trinajstić information content (AvgIpc) is 3.30. The predicted octanol–water partition coefficient (Wildman–Crippen LogP) is 8.13. The van der Waals surface area contributed by atoms with Gasteiger partial charge in [0.25, 0.3) is 0 Å². The molecule has 0 fully saturated rings. The molecule has 0 bridgehead atoms. The highest BCUT2D eigenvalue weighted by atomic mass is 15.0. The zero-order valence-corrected chi connectivity index (χ0v) is 17.9. The molecule has 2 nitrogen and oxygen atoms in total. The second-order valence-corrected chi connectivity index (χ2v) is 8.42. The highest BCUT2D eigenvalue weighted by molar-refractivity contribution is 6.16. The Morgan fingerprint density at radius 3 is 1.97 bits per heavy atom. The maximum atomic E-state index is 5.34. The molecule has 5 aromatic carbocycles. The lowest BCUT2D eigenvalue weighted by Crippen LogP contribution is -1.94. The van der Waals surface area contributed by atoms with Crippen molar-refractivity contribution >= 4 is 38.0 Å². The van der Waals surface area contributed by atoms with Crippen LogP contribution in [0.5, 0.6) is 0 Å². The van der Waals surface area contributed by atoms with Gasteiger partial charge in [-0.15, -0.1) is 0 Å². The Morgan fingerprint density at radius 1 is 0.485 bits per heavy atom. The largest absolute Gasteiger partial charge is 0.291 e. The van der Waals surface area contributed by atoms with Crippen molar-refractivity contribution in [1.82, 2.24) is 9.38 Å². The molecule has 0 atom stereocenters. The fraction of sp³-hybridized carbons (Fsp3) is 0. The van der Waals surface area contributed by atoms with E-state index in [1.165, 1.54) is 32.4 Å². The zero-order valence-electron chi connectivity index (χ0n) is 17.9. The van der Waals surface area contributed by atoms with E-state index in [0.717, 1.165) is 28.2 Å². The third kappa shape index (κ3) is 2.64. The number of imidazole rings is 1. The zero-order chi connectivity index (χ0) is 21.8. The van der Waals surface area contributed by atoms with Gasteiger partial charge in [0.1, 0.15) is 5.82 Å². The molecular weight excluding hydrogens is 400 g/mol. The molecule has 2 aromatic heterocycles. The fourth-order valence-corrected chi connectivity index (χ4v) is 5.12. The van der Waals surface area contributed by atoms with Crippen LogP contribution in [0.25, 0.3) is 60.6 Å². The quantitative estimate of drug-likeness (QED) is 0.258. The summed E-state index contributed by atoms with van der Waals surface area (Å²) in [6.45, 7) is 0. The number of hydrogen-bond acceptors (Lipinski definition) is 1. The minimum absolute atomic E-state index is 0.975. The van der Waals surface area contributed by atoms with Crippen molar-refractivity contribution in [1.29, 1.82) is 0 Å². The molecule has 2 heteroatoms. The Bertz CT molecular complexity index is 1800. The third-order valence-electron chi connectivity index (χ3n) is 6.57. The molecule has 0 aliphatic carbocycles. The van der Waals surface area contributed by atoms with Crippen LogP contribution < -0.4 is 0 Å². The molecule has 33 heavy (non-hydrogen) atoms. The van der Waals surface area contributed by atoms with Gasteiger partial charge >= 0.3 is 0 Å². The standard InChI is InChI=1S/C31H20N2/c1-2-12-22(13-3-1)29-30-26-18-7-6-16-24(26)25-17-8-9-20-28(25)33(30)31(32-29)27-19-10-14-21-11-4-5-15-23(21)27/h1-20H. The van der Waals surface area contributed by atoms with Gasteiger partial charge in [-0.3, -0.25) is 4.40 Å². The minimum Gasteiger partial charge on any atom is -0.291 e. The smallest absolute Gasteiger partial charge is 0.146 e. The molecule has 0 unspecified atom stereocenters. The van der Waals surface area contributed by atoms with Gasteiger partial charge in [-0.2, -0.15) is 0 Å². The number of aromatic nitrogens is 2.